The van der Waals surface area contributed by atoms with Gasteiger partial charge in [-0.2, -0.15) is 14.3 Å². The van der Waals surface area contributed by atoms with Crippen LogP contribution in [0.3, 0.4) is 0 Å². The predicted octanol–water partition coefficient (Wildman–Crippen LogP) is -0.859. The van der Waals surface area contributed by atoms with E-state index < -0.39 is 53.5 Å². The Labute approximate surface area is 187 Å². The van der Waals surface area contributed by atoms with Crippen molar-refractivity contribution in [1.29, 1.82) is 0 Å². The number of fused-ring (bicyclic) bond motifs is 1. The first-order valence-corrected chi connectivity index (χ1v) is 14.0. The summed E-state index contributed by atoms with van der Waals surface area (Å²) in [6.45, 7) is -5.40. The second kappa shape index (κ2) is 9.19. The molecule has 0 aromatic carbocycles. The fourth-order valence-corrected chi connectivity index (χ4v) is 6.81. The number of ether oxygens (including phenoxy) is 1. The lowest BCUT2D eigenvalue weighted by atomic mass is 10.1. The van der Waals surface area contributed by atoms with Crippen molar-refractivity contribution in [3.8, 4) is 0 Å². The molecule has 3 heterocycles. The van der Waals surface area contributed by atoms with Crippen LogP contribution in [0.15, 0.2) is 6.33 Å². The molecule has 8 N–H and O–H groups in total. The molecule has 2 unspecified atom stereocenters. The third-order valence-electron chi connectivity index (χ3n) is 3.85. The zero-order valence-corrected chi connectivity index (χ0v) is 19.5. The molecule has 1 aliphatic rings. The number of hydrogen-bond donors (Lipinski definition) is 7. The number of anilines is 1. The van der Waals surface area contributed by atoms with Crippen molar-refractivity contribution < 1.29 is 56.8 Å². The molecule has 2 aromatic rings. The van der Waals surface area contributed by atoms with E-state index >= 15 is 0 Å². The summed E-state index contributed by atoms with van der Waals surface area (Å²) >= 11 is 10.3. The van der Waals surface area contributed by atoms with E-state index in [1.165, 1.54) is 10.9 Å². The molecule has 0 bridgehead atoms. The van der Waals surface area contributed by atoms with Gasteiger partial charge in [0.05, 0.1) is 12.9 Å². The maximum Gasteiger partial charge on any atom is 0.488 e. The summed E-state index contributed by atoms with van der Waals surface area (Å²) in [7, 11) is -11.0. The van der Waals surface area contributed by atoms with Crippen LogP contribution in [0.25, 0.3) is 11.2 Å². The molecule has 22 heteroatoms. The van der Waals surface area contributed by atoms with Gasteiger partial charge in [-0.05, 0) is 23.4 Å². The summed E-state index contributed by atoms with van der Waals surface area (Å²) in [5.41, 5.74) is 5.92. The molecule has 1 fully saturated rings. The fourth-order valence-electron chi connectivity index (χ4n) is 2.66. The summed E-state index contributed by atoms with van der Waals surface area (Å²) in [6, 6.07) is 0. The Balaban J connectivity index is 1.72. The average Bonchev–Trinajstić information content (AvgIpc) is 3.12. The largest absolute Gasteiger partial charge is 0.488 e. The lowest BCUT2D eigenvalue weighted by Crippen LogP contribution is -2.33. The Morgan fingerprint density at radius 2 is 1.84 bits per heavy atom. The zero-order valence-electron chi connectivity index (χ0n) is 15.2. The third-order valence-corrected chi connectivity index (χ3v) is 8.74. The van der Waals surface area contributed by atoms with Crippen LogP contribution in [-0.2, 0) is 38.8 Å². The van der Waals surface area contributed by atoms with Crippen molar-refractivity contribution in [3.63, 3.8) is 0 Å². The molecule has 0 radical (unpaired) electrons. The minimum Gasteiger partial charge on any atom is -0.387 e. The van der Waals surface area contributed by atoms with Crippen molar-refractivity contribution in [2.24, 2.45) is 0 Å². The lowest BCUT2D eigenvalue weighted by molar-refractivity contribution is -0.0486. The van der Waals surface area contributed by atoms with Gasteiger partial charge in [-0.3, -0.25) is 4.57 Å². The molecule has 0 saturated carbocycles. The first-order chi connectivity index (χ1) is 14.6. The monoisotopic (exact) mass is 557 g/mol. The highest BCUT2D eigenvalue weighted by Gasteiger charge is 2.46. The van der Waals surface area contributed by atoms with E-state index in [4.69, 9.17) is 36.4 Å². The number of aliphatic hydroxyl groups is 2. The van der Waals surface area contributed by atoms with Crippen molar-refractivity contribution >= 4 is 62.8 Å². The van der Waals surface area contributed by atoms with Crippen LogP contribution in [0.5, 0.6) is 0 Å². The fraction of sp³-hybridized carbons (Fsp3) is 0.500. The number of aromatic nitrogens is 4. The Kier molecular flexibility index (Phi) is 7.45. The van der Waals surface area contributed by atoms with E-state index in [2.05, 4.69) is 35.4 Å². The maximum atomic E-state index is 11.5. The van der Waals surface area contributed by atoms with Crippen LogP contribution < -0.4 is 5.73 Å². The highest BCUT2D eigenvalue weighted by atomic mass is 35.5. The Bertz CT molecular complexity index is 1160. The van der Waals surface area contributed by atoms with Crippen LogP contribution in [0, 0.1) is 0 Å². The molecule has 3 rings (SSSR count). The predicted molar refractivity (Wildman–Crippen MR) is 107 cm³/mol. The molecule has 6 atom stereocenters. The van der Waals surface area contributed by atoms with Gasteiger partial charge in [-0.15, -0.1) is 0 Å². The SMILES string of the molecule is Nc1nc(Cl)nc2c1ncn2[C@@H]1O[C@H](COP(O)(=S)OP(=O)(O)OP(=O)(O)O)[C@@H](O)[C@H]1O. The van der Waals surface area contributed by atoms with Crippen molar-refractivity contribution in [1.82, 2.24) is 19.5 Å². The summed E-state index contributed by atoms with van der Waals surface area (Å²) in [4.78, 5) is 47.9. The molecule has 180 valence electrons. The van der Waals surface area contributed by atoms with Crippen molar-refractivity contribution in [2.45, 2.75) is 24.5 Å². The smallest absolute Gasteiger partial charge is 0.387 e. The number of imidazole rings is 1. The van der Waals surface area contributed by atoms with Gasteiger partial charge in [0.15, 0.2) is 17.7 Å². The van der Waals surface area contributed by atoms with Gasteiger partial charge in [-0.25, -0.2) is 18.4 Å². The Morgan fingerprint density at radius 1 is 1.19 bits per heavy atom. The molecular weight excluding hydrogens is 543 g/mol. The first kappa shape index (κ1) is 26.0. The number of nitrogens with zero attached hydrogens (tertiary/aromatic N) is 4. The summed E-state index contributed by atoms with van der Waals surface area (Å²) in [5, 5.41) is 20.4. The standard InChI is InChI=1S/C10H15ClN5O12P3S/c11-10-14-7(12)4-8(15-10)16(2-13-4)9-6(18)5(17)3(26-9)1-25-31(24,32)28-30(22,23)27-29(19,20)21/h2-3,5-6,9,17-18H,1H2,(H,22,23)(H,24,32)(H2,12,14,15)(H2,19,20,21)/t3-,5-,6-,9-,31?/m1/s1. The quantitative estimate of drug-likeness (QED) is 0.154. The van der Waals surface area contributed by atoms with E-state index in [0.29, 0.717) is 0 Å². The molecule has 0 aliphatic carbocycles. The molecule has 1 aliphatic heterocycles. The second-order valence-corrected chi connectivity index (χ2v) is 12.3. The van der Waals surface area contributed by atoms with Crippen LogP contribution in [-0.4, -0.2) is 74.2 Å². The van der Waals surface area contributed by atoms with Crippen LogP contribution >= 0.6 is 34.0 Å². The van der Waals surface area contributed by atoms with Gasteiger partial charge in [0.1, 0.15) is 23.8 Å². The number of phosphoric acid groups is 2. The third kappa shape index (κ3) is 6.07. The number of nitrogens with two attached hydrogens (primary N) is 1. The van der Waals surface area contributed by atoms with Crippen LogP contribution in [0.4, 0.5) is 5.82 Å². The van der Waals surface area contributed by atoms with E-state index in [-0.39, 0.29) is 22.3 Å². The molecule has 0 spiro atoms. The molecule has 0 amide bonds. The number of aliphatic hydroxyl groups excluding tert-OH is 2. The van der Waals surface area contributed by atoms with Gasteiger partial charge >= 0.3 is 22.4 Å². The van der Waals surface area contributed by atoms with E-state index in [9.17, 15) is 29.1 Å². The van der Waals surface area contributed by atoms with E-state index in [0.717, 1.165) is 0 Å². The Morgan fingerprint density at radius 3 is 2.47 bits per heavy atom. The summed E-state index contributed by atoms with van der Waals surface area (Å²) in [6.07, 6.45) is -4.64. The van der Waals surface area contributed by atoms with Gasteiger partial charge in [0, 0.05) is 0 Å². The Hall–Kier alpha value is -0.650. The van der Waals surface area contributed by atoms with Crippen LogP contribution in [0.1, 0.15) is 6.23 Å². The van der Waals surface area contributed by atoms with E-state index in [1.54, 1.807) is 0 Å². The van der Waals surface area contributed by atoms with Crippen LogP contribution in [0.2, 0.25) is 5.28 Å². The highest BCUT2D eigenvalue weighted by molar-refractivity contribution is 8.08. The summed E-state index contributed by atoms with van der Waals surface area (Å²) < 4.78 is 41.3. The minimum atomic E-state index is -5.51. The number of rotatable bonds is 8. The molecule has 32 heavy (non-hydrogen) atoms. The van der Waals surface area contributed by atoms with Gasteiger partial charge in [0.25, 0.3) is 0 Å². The molecule has 17 nitrogen and oxygen atoms in total. The second-order valence-electron chi connectivity index (χ2n) is 6.13. The number of halogens is 1. The zero-order chi connectivity index (χ0) is 24.1. The number of nitrogen functional groups attached to an aromatic ring is 1. The first-order valence-electron chi connectivity index (χ1n) is 8.04. The number of hydrogen-bond acceptors (Lipinski definition) is 13. The topological polar surface area (TPSA) is 262 Å². The molecule has 1 saturated heterocycles. The minimum absolute atomic E-state index is 0.0456. The van der Waals surface area contributed by atoms with Crippen molar-refractivity contribution in [2.75, 3.05) is 12.3 Å². The lowest BCUT2D eigenvalue weighted by Gasteiger charge is -2.21. The summed E-state index contributed by atoms with van der Waals surface area (Å²) in [5.74, 6) is -0.0456. The molecular formula is C10H15ClN5O12P3S. The normalized spacial score (nSPS) is 28.0. The van der Waals surface area contributed by atoms with Gasteiger partial charge in [-0.1, -0.05) is 0 Å². The van der Waals surface area contributed by atoms with Gasteiger partial charge < -0.3 is 44.8 Å². The average molecular weight is 558 g/mol. The van der Waals surface area contributed by atoms with Crippen molar-refractivity contribution in [3.05, 3.63) is 11.6 Å². The highest BCUT2D eigenvalue weighted by Crippen LogP contribution is 2.66. The molecule has 2 aromatic heterocycles. The maximum absolute atomic E-state index is 11.5. The van der Waals surface area contributed by atoms with Gasteiger partial charge in [0.2, 0.25) is 5.28 Å². The van der Waals surface area contributed by atoms with E-state index in [1.807, 2.05) is 0 Å².